The number of hydrogen-bond donors (Lipinski definition) is 1. The lowest BCUT2D eigenvalue weighted by atomic mass is 9.92. The number of pyridine rings is 1. The molecule has 0 saturated carbocycles. The van der Waals surface area contributed by atoms with Crippen LogP contribution in [0.3, 0.4) is 0 Å². The summed E-state index contributed by atoms with van der Waals surface area (Å²) < 4.78 is 50.6. The van der Waals surface area contributed by atoms with Crippen molar-refractivity contribution >= 4 is 17.4 Å². The maximum absolute atomic E-state index is 15.0. The van der Waals surface area contributed by atoms with Crippen LogP contribution in [0, 0.1) is 17.5 Å². The van der Waals surface area contributed by atoms with E-state index in [0.717, 1.165) is 46.9 Å². The van der Waals surface area contributed by atoms with Crippen LogP contribution in [0.1, 0.15) is 12.5 Å². The maximum Gasteiger partial charge on any atom is 0.350 e. The number of rotatable bonds is 7. The van der Waals surface area contributed by atoms with Gasteiger partial charge in [-0.1, -0.05) is 17.7 Å². The summed E-state index contributed by atoms with van der Waals surface area (Å²) >= 11 is 6.23. The zero-order valence-electron chi connectivity index (χ0n) is 19.9. The summed E-state index contributed by atoms with van der Waals surface area (Å²) in [5.41, 5.74) is -0.878. The molecule has 8 nitrogen and oxygen atoms in total. The number of nitrogens with one attached hydrogen (secondary N) is 1. The molecule has 0 radical (unpaired) electrons. The minimum Gasteiger partial charge on any atom is -0.453 e. The molecule has 12 heteroatoms. The maximum atomic E-state index is 15.0. The van der Waals surface area contributed by atoms with Crippen LogP contribution in [-0.4, -0.2) is 45.0 Å². The van der Waals surface area contributed by atoms with E-state index in [-0.39, 0.29) is 39.9 Å². The molecular weight excluding hydrogens is 509 g/mol. The molecule has 1 saturated heterocycles. The van der Waals surface area contributed by atoms with E-state index in [9.17, 15) is 18.0 Å². The van der Waals surface area contributed by atoms with E-state index < -0.39 is 23.1 Å². The van der Waals surface area contributed by atoms with Crippen LogP contribution in [0.5, 0.6) is 11.5 Å². The molecule has 0 bridgehead atoms. The third-order valence-electron chi connectivity index (χ3n) is 6.32. The number of anilines is 1. The minimum absolute atomic E-state index is 0.0151. The highest BCUT2D eigenvalue weighted by molar-refractivity contribution is 6.32. The quantitative estimate of drug-likeness (QED) is 0.387. The molecule has 2 aromatic carbocycles. The minimum atomic E-state index is -0.782. The van der Waals surface area contributed by atoms with E-state index in [1.807, 2.05) is 11.9 Å². The van der Waals surface area contributed by atoms with E-state index in [1.54, 1.807) is 6.07 Å². The third-order valence-corrected chi connectivity index (χ3v) is 6.60. The van der Waals surface area contributed by atoms with Gasteiger partial charge in [-0.3, -0.25) is 4.57 Å². The highest BCUT2D eigenvalue weighted by Crippen LogP contribution is 2.35. The number of ether oxygens (including phenoxy) is 1. The SMILES string of the molecule is CNC1(C)CN(c2cc(Oc3ccc(-n4ncn(Cc5c(F)cccc5F)c4=O)cc3F)c(Cl)cn2)C1. The van der Waals surface area contributed by atoms with Gasteiger partial charge in [0.05, 0.1) is 24.0 Å². The van der Waals surface area contributed by atoms with E-state index in [1.165, 1.54) is 24.4 Å². The van der Waals surface area contributed by atoms with Crippen LogP contribution in [0.15, 0.2) is 59.8 Å². The van der Waals surface area contributed by atoms with Crippen molar-refractivity contribution in [3.05, 3.63) is 93.5 Å². The monoisotopic (exact) mass is 530 g/mol. The summed E-state index contributed by atoms with van der Waals surface area (Å²) in [7, 11) is 1.90. The summed E-state index contributed by atoms with van der Waals surface area (Å²) in [6, 6.07) is 8.92. The predicted molar refractivity (Wildman–Crippen MR) is 132 cm³/mol. The Morgan fingerprint density at radius 2 is 1.81 bits per heavy atom. The second-order valence-corrected chi connectivity index (χ2v) is 9.42. The van der Waals surface area contributed by atoms with E-state index in [2.05, 4.69) is 22.3 Å². The highest BCUT2D eigenvalue weighted by atomic mass is 35.5. The smallest absolute Gasteiger partial charge is 0.350 e. The second-order valence-electron chi connectivity index (χ2n) is 9.01. The van der Waals surface area contributed by atoms with Crippen LogP contribution in [-0.2, 0) is 6.54 Å². The van der Waals surface area contributed by atoms with Crippen molar-refractivity contribution in [3.8, 4) is 17.2 Å². The topological polar surface area (TPSA) is 77.2 Å². The normalized spacial score (nSPS) is 14.5. The Labute approximate surface area is 214 Å². The number of halogens is 4. The molecule has 3 heterocycles. The molecule has 1 N–H and O–H groups in total. The molecule has 2 aromatic heterocycles. The van der Waals surface area contributed by atoms with Gasteiger partial charge in [0.25, 0.3) is 0 Å². The van der Waals surface area contributed by atoms with Crippen molar-refractivity contribution < 1.29 is 17.9 Å². The van der Waals surface area contributed by atoms with Gasteiger partial charge in [-0.05, 0) is 38.2 Å². The highest BCUT2D eigenvalue weighted by Gasteiger charge is 2.38. The standard InChI is InChI=1S/C25H22ClF3N6O2/c1-25(30-2)12-34(13-25)23-9-22(17(26)10-31-23)37-21-7-6-15(8-20(21)29)35-24(36)33(14-32-35)11-16-18(27)4-3-5-19(16)28/h3-10,14,30H,11-13H2,1-2H3. The van der Waals surface area contributed by atoms with Crippen LogP contribution >= 0.6 is 11.6 Å². The molecule has 0 unspecified atom stereocenters. The van der Waals surface area contributed by atoms with Crippen LogP contribution < -0.4 is 20.6 Å². The van der Waals surface area contributed by atoms with Crippen molar-refractivity contribution in [1.82, 2.24) is 24.6 Å². The first-order valence-electron chi connectivity index (χ1n) is 11.3. The molecule has 37 heavy (non-hydrogen) atoms. The van der Waals surface area contributed by atoms with Crippen molar-refractivity contribution in [3.63, 3.8) is 0 Å². The molecule has 4 aromatic rings. The van der Waals surface area contributed by atoms with Gasteiger partial charge in [0, 0.05) is 30.8 Å². The fourth-order valence-corrected chi connectivity index (χ4v) is 4.22. The first kappa shape index (κ1) is 24.8. The van der Waals surface area contributed by atoms with Gasteiger partial charge >= 0.3 is 5.69 Å². The summed E-state index contributed by atoms with van der Waals surface area (Å²) in [6.07, 6.45) is 2.57. The Morgan fingerprint density at radius 3 is 2.49 bits per heavy atom. The first-order valence-corrected chi connectivity index (χ1v) is 11.7. The molecule has 1 fully saturated rings. The number of hydrogen-bond acceptors (Lipinski definition) is 6. The first-order chi connectivity index (χ1) is 17.7. The van der Waals surface area contributed by atoms with Crippen molar-refractivity contribution in [2.24, 2.45) is 0 Å². The fraction of sp³-hybridized carbons (Fsp3) is 0.240. The van der Waals surface area contributed by atoms with Crippen LogP contribution in [0.25, 0.3) is 5.69 Å². The lowest BCUT2D eigenvalue weighted by Gasteiger charge is -2.48. The van der Waals surface area contributed by atoms with Gasteiger partial charge in [0.1, 0.15) is 28.8 Å². The van der Waals surface area contributed by atoms with E-state index in [4.69, 9.17) is 16.3 Å². The zero-order chi connectivity index (χ0) is 26.3. The number of nitrogens with zero attached hydrogens (tertiary/aromatic N) is 5. The largest absolute Gasteiger partial charge is 0.453 e. The Hall–Kier alpha value is -3.83. The Balaban J connectivity index is 1.36. The molecule has 1 aliphatic heterocycles. The summed E-state index contributed by atoms with van der Waals surface area (Å²) in [5.74, 6) is -1.57. The van der Waals surface area contributed by atoms with Gasteiger partial charge in [0.2, 0.25) is 0 Å². The number of benzene rings is 2. The molecule has 0 atom stereocenters. The molecule has 192 valence electrons. The van der Waals surface area contributed by atoms with Gasteiger partial charge < -0.3 is 15.0 Å². The van der Waals surface area contributed by atoms with Gasteiger partial charge in [0.15, 0.2) is 17.3 Å². The van der Waals surface area contributed by atoms with Gasteiger partial charge in [-0.15, -0.1) is 0 Å². The Bertz CT molecular complexity index is 1510. The molecule has 1 aliphatic rings. The molecular formula is C25H22ClF3N6O2. The molecule has 0 spiro atoms. The molecule has 0 amide bonds. The van der Waals surface area contributed by atoms with Crippen molar-refractivity contribution in [2.75, 3.05) is 25.0 Å². The van der Waals surface area contributed by atoms with Crippen molar-refractivity contribution in [1.29, 1.82) is 0 Å². The fourth-order valence-electron chi connectivity index (χ4n) is 4.07. The Kier molecular flexibility index (Phi) is 6.42. The number of likely N-dealkylation sites (N-methyl/N-ethyl adjacent to an activating group) is 1. The summed E-state index contributed by atoms with van der Waals surface area (Å²) in [5, 5.41) is 7.41. The average molecular weight is 531 g/mol. The van der Waals surface area contributed by atoms with E-state index in [0.29, 0.717) is 5.82 Å². The third kappa shape index (κ3) is 4.79. The van der Waals surface area contributed by atoms with Crippen LogP contribution in [0.4, 0.5) is 19.0 Å². The second kappa shape index (κ2) is 9.56. The van der Waals surface area contributed by atoms with Gasteiger partial charge in [-0.2, -0.15) is 9.78 Å². The average Bonchev–Trinajstić information content (AvgIpc) is 3.22. The van der Waals surface area contributed by atoms with Gasteiger partial charge in [-0.25, -0.2) is 22.9 Å². The van der Waals surface area contributed by atoms with Crippen molar-refractivity contribution in [2.45, 2.75) is 19.0 Å². The lowest BCUT2D eigenvalue weighted by molar-refractivity contribution is 0.301. The zero-order valence-corrected chi connectivity index (χ0v) is 20.6. The summed E-state index contributed by atoms with van der Waals surface area (Å²) in [6.45, 7) is 3.21. The lowest BCUT2D eigenvalue weighted by Crippen LogP contribution is -2.67. The predicted octanol–water partition coefficient (Wildman–Crippen LogP) is 4.14. The molecule has 5 rings (SSSR count). The van der Waals surface area contributed by atoms with E-state index >= 15 is 0 Å². The summed E-state index contributed by atoms with van der Waals surface area (Å²) in [4.78, 5) is 19.1. The van der Waals surface area contributed by atoms with Crippen LogP contribution in [0.2, 0.25) is 5.02 Å². The molecule has 0 aliphatic carbocycles. The number of aromatic nitrogens is 4. The Morgan fingerprint density at radius 1 is 1.08 bits per heavy atom.